The third kappa shape index (κ3) is 13.2. The summed E-state index contributed by atoms with van der Waals surface area (Å²) in [5, 5.41) is 14.6. The molecule has 4 heterocycles. The summed E-state index contributed by atoms with van der Waals surface area (Å²) in [6.45, 7) is 14.6. The lowest BCUT2D eigenvalue weighted by molar-refractivity contribution is 0.254. The van der Waals surface area contributed by atoms with Crippen molar-refractivity contribution in [2.45, 2.75) is 51.6 Å². The van der Waals surface area contributed by atoms with Crippen molar-refractivity contribution in [3.05, 3.63) is 83.2 Å². The van der Waals surface area contributed by atoms with Crippen molar-refractivity contribution < 1.29 is 0 Å². The van der Waals surface area contributed by atoms with E-state index in [0.29, 0.717) is 11.8 Å². The molecule has 0 radical (unpaired) electrons. The average Bonchev–Trinajstić information content (AvgIpc) is 3.07. The fourth-order valence-electron chi connectivity index (χ4n) is 6.69. The summed E-state index contributed by atoms with van der Waals surface area (Å²) in [5.41, 5.74) is 5.50. The summed E-state index contributed by atoms with van der Waals surface area (Å²) in [6.07, 6.45) is 24.0. The summed E-state index contributed by atoms with van der Waals surface area (Å²) >= 11 is 0. The van der Waals surface area contributed by atoms with Crippen molar-refractivity contribution in [3.63, 3.8) is 0 Å². The highest BCUT2D eigenvalue weighted by Gasteiger charge is 2.14. The van der Waals surface area contributed by atoms with E-state index < -0.39 is 0 Å². The highest BCUT2D eigenvalue weighted by Crippen LogP contribution is 2.17. The van der Waals surface area contributed by atoms with E-state index in [0.717, 1.165) is 117 Å². The highest BCUT2D eigenvalue weighted by molar-refractivity contribution is 5.65. The molecule has 0 spiro atoms. The van der Waals surface area contributed by atoms with Crippen LogP contribution in [0.25, 0.3) is 0 Å². The molecule has 0 amide bonds. The predicted molar refractivity (Wildman–Crippen MR) is 195 cm³/mol. The van der Waals surface area contributed by atoms with Crippen LogP contribution in [0.15, 0.2) is 82.1 Å². The summed E-state index contributed by atoms with van der Waals surface area (Å²) in [4.78, 5) is 14.2. The van der Waals surface area contributed by atoms with E-state index in [1.807, 2.05) is 12.4 Å². The van der Waals surface area contributed by atoms with E-state index in [1.165, 1.54) is 35.1 Å². The zero-order valence-corrected chi connectivity index (χ0v) is 28.0. The van der Waals surface area contributed by atoms with Gasteiger partial charge in [-0.3, -0.25) is 19.8 Å². The number of rotatable bonds is 4. The molecule has 0 fully saturated rings. The molecule has 8 heteroatoms. The SMILES string of the molecule is C1=NC=C2/C=C\CNCCCN(Cc3ccc(CN4CCCNC/C=C\C5=CN=CC(CNCCC4)C5)cc3)CCCNCC1C2. The second-order valence-electron chi connectivity index (χ2n) is 13.3. The number of hydrogen-bond donors (Lipinski definition) is 4. The van der Waals surface area contributed by atoms with Crippen LogP contribution in [0.5, 0.6) is 0 Å². The van der Waals surface area contributed by atoms with Crippen molar-refractivity contribution in [1.29, 1.82) is 0 Å². The number of fused-ring (bicyclic) bond motifs is 4. The second kappa shape index (κ2) is 20.5. The molecule has 8 nitrogen and oxygen atoms in total. The van der Waals surface area contributed by atoms with Crippen molar-refractivity contribution in [2.75, 3.05) is 78.5 Å². The minimum absolute atomic E-state index is 0.490. The van der Waals surface area contributed by atoms with Crippen molar-refractivity contribution in [3.8, 4) is 0 Å². The van der Waals surface area contributed by atoms with Gasteiger partial charge in [0.25, 0.3) is 0 Å². The number of hydrogen-bond acceptors (Lipinski definition) is 8. The third-order valence-corrected chi connectivity index (χ3v) is 9.22. The van der Waals surface area contributed by atoms with Gasteiger partial charge in [-0.15, -0.1) is 0 Å². The lowest BCUT2D eigenvalue weighted by Crippen LogP contribution is -2.32. The Morgan fingerprint density at radius 3 is 1.41 bits per heavy atom. The van der Waals surface area contributed by atoms with Gasteiger partial charge in [0.2, 0.25) is 0 Å². The molecule has 0 aromatic heterocycles. The van der Waals surface area contributed by atoms with Crippen molar-refractivity contribution in [2.24, 2.45) is 21.8 Å². The zero-order valence-electron chi connectivity index (χ0n) is 28.0. The van der Waals surface area contributed by atoms with E-state index in [1.54, 1.807) is 0 Å². The van der Waals surface area contributed by atoms with Gasteiger partial charge in [-0.05, 0) is 113 Å². The van der Waals surface area contributed by atoms with Crippen LogP contribution in [0.3, 0.4) is 0 Å². The van der Waals surface area contributed by atoms with Crippen LogP contribution >= 0.6 is 0 Å². The van der Waals surface area contributed by atoms with Crippen LogP contribution < -0.4 is 21.3 Å². The molecule has 46 heavy (non-hydrogen) atoms. The van der Waals surface area contributed by atoms with Crippen molar-refractivity contribution >= 4 is 12.4 Å². The van der Waals surface area contributed by atoms with Gasteiger partial charge in [0.1, 0.15) is 0 Å². The van der Waals surface area contributed by atoms with Gasteiger partial charge in [-0.25, -0.2) is 0 Å². The lowest BCUT2D eigenvalue weighted by atomic mass is 9.98. The fourth-order valence-corrected chi connectivity index (χ4v) is 6.69. The Labute approximate surface area is 278 Å². The van der Waals surface area contributed by atoms with Gasteiger partial charge in [0.15, 0.2) is 0 Å². The first kappa shape index (κ1) is 34.6. The van der Waals surface area contributed by atoms with Crippen LogP contribution in [0.2, 0.25) is 0 Å². The summed E-state index contributed by atoms with van der Waals surface area (Å²) in [5.74, 6) is 0.980. The topological polar surface area (TPSA) is 79.3 Å². The maximum atomic E-state index is 4.48. The monoisotopic (exact) mass is 626 g/mol. The fraction of sp³-hybridized carbons (Fsp3) is 0.579. The molecule has 1 aromatic carbocycles. The Morgan fingerprint density at radius 1 is 0.565 bits per heavy atom. The maximum Gasteiger partial charge on any atom is 0.0296 e. The van der Waals surface area contributed by atoms with E-state index in [2.05, 4.69) is 102 Å². The molecule has 4 N–H and O–H groups in total. The van der Waals surface area contributed by atoms with E-state index in [9.17, 15) is 0 Å². The smallest absolute Gasteiger partial charge is 0.0296 e. The Balaban J connectivity index is 1.09. The second-order valence-corrected chi connectivity index (χ2v) is 13.3. The minimum atomic E-state index is 0.490. The van der Waals surface area contributed by atoms with Gasteiger partial charge in [-0.1, -0.05) is 48.6 Å². The maximum absolute atomic E-state index is 4.48. The first-order chi connectivity index (χ1) is 22.8. The quantitative estimate of drug-likeness (QED) is 0.400. The Bertz CT molecular complexity index is 1100. The van der Waals surface area contributed by atoms with Gasteiger partial charge in [0.05, 0.1) is 0 Å². The number of aliphatic imine (C=N–C) groups is 2. The molecule has 2 unspecified atom stereocenters. The first-order valence-electron chi connectivity index (χ1n) is 17.9. The molecule has 4 aliphatic rings. The molecule has 4 aliphatic heterocycles. The standard InChI is InChI=1S/C38H58N8/c1-7-35-23-37(29-43-25-35)27-41-17-5-21-45(19-3-15-39-13-1)31-33-9-11-34(12-10-33)32-46-20-4-16-40-14-2-8-36-24-38(30-44-26-36)28-42-18-6-22-46/h1-2,7-12,25-26,29-30,37-42H,3-6,13-24,27-28,31-32H2/b7-1-,8-2-. The largest absolute Gasteiger partial charge is 0.316 e. The minimum Gasteiger partial charge on any atom is -0.316 e. The molecule has 1 aromatic rings. The third-order valence-electron chi connectivity index (χ3n) is 9.22. The summed E-state index contributed by atoms with van der Waals surface area (Å²) in [6, 6.07) is 9.46. The van der Waals surface area contributed by atoms with Crippen LogP contribution in [0.1, 0.15) is 49.7 Å². The van der Waals surface area contributed by atoms with Crippen LogP contribution in [-0.4, -0.2) is 101 Å². The van der Waals surface area contributed by atoms with E-state index >= 15 is 0 Å². The van der Waals surface area contributed by atoms with E-state index in [4.69, 9.17) is 0 Å². The molecule has 0 saturated carbocycles. The van der Waals surface area contributed by atoms with Crippen LogP contribution in [-0.2, 0) is 13.1 Å². The van der Waals surface area contributed by atoms with Crippen molar-refractivity contribution in [1.82, 2.24) is 31.1 Å². The first-order valence-corrected chi connectivity index (χ1v) is 17.9. The highest BCUT2D eigenvalue weighted by atomic mass is 15.1. The molecule has 0 saturated heterocycles. The van der Waals surface area contributed by atoms with Gasteiger partial charge < -0.3 is 21.3 Å². The Kier molecular flexibility index (Phi) is 15.4. The Morgan fingerprint density at radius 2 is 0.978 bits per heavy atom. The van der Waals surface area contributed by atoms with Crippen LogP contribution in [0, 0.1) is 11.8 Å². The molecule has 0 aliphatic carbocycles. The molecular formula is C38H58N8. The predicted octanol–water partition coefficient (Wildman–Crippen LogP) is 4.30. The summed E-state index contributed by atoms with van der Waals surface area (Å²) < 4.78 is 0. The van der Waals surface area contributed by atoms with Gasteiger partial charge >= 0.3 is 0 Å². The number of benzene rings is 1. The molecule has 250 valence electrons. The number of nitrogens with zero attached hydrogens (tertiary/aromatic N) is 4. The van der Waals surface area contributed by atoms with E-state index in [-0.39, 0.29) is 0 Å². The number of allylic oxidation sites excluding steroid dienone is 4. The lowest BCUT2D eigenvalue weighted by Gasteiger charge is -2.25. The molecule has 4 bridgehead atoms. The Hall–Kier alpha value is -2.72. The van der Waals surface area contributed by atoms with Gasteiger partial charge in [-0.2, -0.15) is 0 Å². The molecular weight excluding hydrogens is 568 g/mol. The number of nitrogens with one attached hydrogen (secondary N) is 4. The van der Waals surface area contributed by atoms with Gasteiger partial charge in [0, 0.05) is 75.9 Å². The zero-order chi connectivity index (χ0) is 31.5. The average molecular weight is 627 g/mol. The molecule has 5 rings (SSSR count). The normalized spacial score (nSPS) is 27.0. The van der Waals surface area contributed by atoms with Crippen LogP contribution in [0.4, 0.5) is 0 Å². The molecule has 2 atom stereocenters. The summed E-state index contributed by atoms with van der Waals surface area (Å²) in [7, 11) is 0.